The van der Waals surface area contributed by atoms with Crippen LogP contribution < -0.4 is 10.1 Å². The van der Waals surface area contributed by atoms with E-state index in [0.717, 1.165) is 5.39 Å². The number of hydrogen-bond donors (Lipinski definition) is 1. The first-order valence-electron chi connectivity index (χ1n) is 9.41. The van der Waals surface area contributed by atoms with E-state index in [1.165, 1.54) is 12.0 Å². The number of methoxy groups -OCH3 is 1. The maximum atomic E-state index is 12.9. The number of benzene rings is 3. The minimum absolute atomic E-state index is 0.182. The highest BCUT2D eigenvalue weighted by Gasteiger charge is 2.32. The molecule has 0 saturated heterocycles. The molecular formula is C23H20N2O4. The van der Waals surface area contributed by atoms with Gasteiger partial charge >= 0.3 is 0 Å². The van der Waals surface area contributed by atoms with Crippen LogP contribution in [0.4, 0.5) is 5.69 Å². The molecule has 1 aliphatic rings. The third-order valence-electron chi connectivity index (χ3n) is 5.02. The minimum atomic E-state index is -0.315. The number of para-hydroxylation sites is 2. The van der Waals surface area contributed by atoms with Crippen LogP contribution in [-0.4, -0.2) is 36.3 Å². The van der Waals surface area contributed by atoms with E-state index >= 15 is 0 Å². The van der Waals surface area contributed by atoms with Crippen molar-refractivity contribution in [3.63, 3.8) is 0 Å². The van der Waals surface area contributed by atoms with Gasteiger partial charge in [-0.05, 0) is 36.1 Å². The number of carbonyl (C=O) groups is 3. The van der Waals surface area contributed by atoms with Crippen molar-refractivity contribution >= 4 is 34.2 Å². The lowest BCUT2D eigenvalue weighted by atomic mass is 9.94. The van der Waals surface area contributed by atoms with Gasteiger partial charge < -0.3 is 10.1 Å². The number of nitrogens with one attached hydrogen (secondary N) is 1. The highest BCUT2D eigenvalue weighted by Crippen LogP contribution is 2.30. The second-order valence-electron chi connectivity index (χ2n) is 6.82. The summed E-state index contributed by atoms with van der Waals surface area (Å²) in [6.45, 7) is 0.182. The van der Waals surface area contributed by atoms with Crippen LogP contribution in [-0.2, 0) is 4.79 Å². The maximum Gasteiger partial charge on any atom is 0.261 e. The molecular weight excluding hydrogens is 368 g/mol. The SMILES string of the molecule is COc1ccccc1NC(=O)CCCN1C(=O)c2cccc3cccc(c23)C1=O. The van der Waals surface area contributed by atoms with Gasteiger partial charge in [-0.2, -0.15) is 0 Å². The summed E-state index contributed by atoms with van der Waals surface area (Å²) in [5, 5.41) is 4.38. The van der Waals surface area contributed by atoms with Crippen molar-refractivity contribution in [1.82, 2.24) is 4.90 Å². The van der Waals surface area contributed by atoms with Gasteiger partial charge in [0.05, 0.1) is 12.8 Å². The van der Waals surface area contributed by atoms with Gasteiger partial charge in [-0.3, -0.25) is 19.3 Å². The number of nitrogens with zero attached hydrogens (tertiary/aromatic N) is 1. The molecule has 0 unspecified atom stereocenters. The van der Waals surface area contributed by atoms with Crippen LogP contribution in [0.3, 0.4) is 0 Å². The third kappa shape index (κ3) is 3.45. The minimum Gasteiger partial charge on any atom is -0.495 e. The first-order valence-corrected chi connectivity index (χ1v) is 9.41. The Morgan fingerprint density at radius 1 is 0.931 bits per heavy atom. The monoisotopic (exact) mass is 388 g/mol. The van der Waals surface area contributed by atoms with Crippen molar-refractivity contribution in [1.29, 1.82) is 0 Å². The molecule has 0 atom stereocenters. The van der Waals surface area contributed by atoms with Crippen LogP contribution in [0.5, 0.6) is 5.75 Å². The molecule has 1 aliphatic heterocycles. The molecule has 0 radical (unpaired) electrons. The smallest absolute Gasteiger partial charge is 0.261 e. The van der Waals surface area contributed by atoms with Crippen molar-refractivity contribution in [3.8, 4) is 5.75 Å². The predicted octanol–water partition coefficient (Wildman–Crippen LogP) is 3.86. The van der Waals surface area contributed by atoms with Gasteiger partial charge in [0.1, 0.15) is 5.75 Å². The van der Waals surface area contributed by atoms with Crippen molar-refractivity contribution in [3.05, 3.63) is 71.8 Å². The van der Waals surface area contributed by atoms with Gasteiger partial charge in [-0.15, -0.1) is 0 Å². The Kier molecular flexibility index (Phi) is 4.99. The molecule has 1 heterocycles. The Morgan fingerprint density at radius 2 is 1.59 bits per heavy atom. The third-order valence-corrected chi connectivity index (χ3v) is 5.02. The van der Waals surface area contributed by atoms with Gasteiger partial charge in [-0.1, -0.05) is 36.4 Å². The first kappa shape index (κ1) is 18.7. The van der Waals surface area contributed by atoms with Crippen molar-refractivity contribution in [2.75, 3.05) is 19.0 Å². The zero-order valence-corrected chi connectivity index (χ0v) is 16.0. The summed E-state index contributed by atoms with van der Waals surface area (Å²) in [6.07, 6.45) is 0.553. The highest BCUT2D eigenvalue weighted by atomic mass is 16.5. The molecule has 6 nitrogen and oxygen atoms in total. The Balaban J connectivity index is 1.44. The fraction of sp³-hybridized carbons (Fsp3) is 0.174. The molecule has 3 amide bonds. The number of amides is 3. The standard InChI is InChI=1S/C23H20N2O4/c1-29-19-12-3-2-11-18(19)24-20(26)13-6-14-25-22(27)16-9-4-7-15-8-5-10-17(21(15)16)23(25)28/h2-5,7-12H,6,13-14H2,1H3,(H,24,26). The molecule has 1 N–H and O–H groups in total. The molecule has 0 fully saturated rings. The van der Waals surface area contributed by atoms with E-state index in [9.17, 15) is 14.4 Å². The molecule has 0 bridgehead atoms. The van der Waals surface area contributed by atoms with Gasteiger partial charge in [-0.25, -0.2) is 0 Å². The zero-order valence-electron chi connectivity index (χ0n) is 16.0. The quantitative estimate of drug-likeness (QED) is 0.651. The van der Waals surface area contributed by atoms with Crippen LogP contribution in [0.2, 0.25) is 0 Å². The topological polar surface area (TPSA) is 75.7 Å². The van der Waals surface area contributed by atoms with E-state index in [4.69, 9.17) is 4.74 Å². The lowest BCUT2D eigenvalue weighted by Gasteiger charge is -2.27. The van der Waals surface area contributed by atoms with E-state index in [1.807, 2.05) is 30.3 Å². The molecule has 0 aliphatic carbocycles. The summed E-state index contributed by atoms with van der Waals surface area (Å²) in [6, 6.07) is 18.0. The zero-order chi connectivity index (χ0) is 20.4. The van der Waals surface area contributed by atoms with Crippen molar-refractivity contribution in [2.24, 2.45) is 0 Å². The second-order valence-corrected chi connectivity index (χ2v) is 6.82. The highest BCUT2D eigenvalue weighted by molar-refractivity contribution is 6.25. The molecule has 3 aromatic rings. The summed E-state index contributed by atoms with van der Waals surface area (Å²) >= 11 is 0. The Labute approximate surface area is 168 Å². The van der Waals surface area contributed by atoms with Crippen LogP contribution in [0.15, 0.2) is 60.7 Å². The van der Waals surface area contributed by atoms with E-state index in [2.05, 4.69) is 5.32 Å². The van der Waals surface area contributed by atoms with Gasteiger partial charge in [0.25, 0.3) is 11.8 Å². The normalized spacial score (nSPS) is 12.9. The fourth-order valence-electron chi connectivity index (χ4n) is 3.64. The largest absolute Gasteiger partial charge is 0.495 e. The summed E-state index contributed by atoms with van der Waals surface area (Å²) < 4.78 is 5.22. The summed E-state index contributed by atoms with van der Waals surface area (Å²) in [4.78, 5) is 39.2. The number of hydrogen-bond acceptors (Lipinski definition) is 4. The fourth-order valence-corrected chi connectivity index (χ4v) is 3.64. The Hall–Kier alpha value is -3.67. The average molecular weight is 388 g/mol. The number of imide groups is 1. The Morgan fingerprint density at radius 3 is 2.24 bits per heavy atom. The van der Waals surface area contributed by atoms with Gasteiger partial charge in [0.2, 0.25) is 5.91 Å². The lowest BCUT2D eigenvalue weighted by Crippen LogP contribution is -2.41. The van der Waals surface area contributed by atoms with E-state index < -0.39 is 0 Å². The van der Waals surface area contributed by atoms with Gasteiger partial charge in [0.15, 0.2) is 0 Å². The molecule has 4 rings (SSSR count). The molecule has 0 spiro atoms. The first-order chi connectivity index (χ1) is 14.1. The average Bonchev–Trinajstić information content (AvgIpc) is 2.74. The summed E-state index contributed by atoms with van der Waals surface area (Å²) in [7, 11) is 1.54. The van der Waals surface area contributed by atoms with Crippen LogP contribution >= 0.6 is 0 Å². The number of ether oxygens (including phenoxy) is 1. The van der Waals surface area contributed by atoms with Crippen molar-refractivity contribution in [2.45, 2.75) is 12.8 Å². The van der Waals surface area contributed by atoms with Crippen LogP contribution in [0.1, 0.15) is 33.6 Å². The van der Waals surface area contributed by atoms with E-state index in [1.54, 1.807) is 30.3 Å². The van der Waals surface area contributed by atoms with Crippen LogP contribution in [0, 0.1) is 0 Å². The van der Waals surface area contributed by atoms with Crippen molar-refractivity contribution < 1.29 is 19.1 Å². The van der Waals surface area contributed by atoms with Crippen LogP contribution in [0.25, 0.3) is 10.8 Å². The summed E-state index contributed by atoms with van der Waals surface area (Å²) in [5.41, 5.74) is 1.64. The van der Waals surface area contributed by atoms with E-state index in [-0.39, 0.29) is 30.7 Å². The van der Waals surface area contributed by atoms with E-state index in [0.29, 0.717) is 34.4 Å². The number of carbonyl (C=O) groups excluding carboxylic acids is 3. The molecule has 3 aromatic carbocycles. The maximum absolute atomic E-state index is 12.9. The number of rotatable bonds is 6. The molecule has 0 saturated carbocycles. The van der Waals surface area contributed by atoms with Gasteiger partial charge in [0, 0.05) is 29.5 Å². The molecule has 146 valence electrons. The molecule has 0 aromatic heterocycles. The lowest BCUT2D eigenvalue weighted by molar-refractivity contribution is -0.116. The second kappa shape index (κ2) is 7.75. The molecule has 29 heavy (non-hydrogen) atoms. The predicted molar refractivity (Wildman–Crippen MR) is 110 cm³/mol. The molecule has 6 heteroatoms. The summed E-state index contributed by atoms with van der Waals surface area (Å²) in [5.74, 6) is -0.255. The number of anilines is 1. The Bertz CT molecular complexity index is 1070.